The molecular weight excluding hydrogens is 208 g/mol. The maximum Gasteiger partial charge on any atom is 0.186 e. The topological polar surface area (TPSA) is 53.8 Å². The number of nitrogens with zero attached hydrogens (tertiary/aromatic N) is 2. The van der Waals surface area contributed by atoms with Crippen LogP contribution in [0.25, 0.3) is 0 Å². The molecule has 0 saturated heterocycles. The number of rotatable bonds is 1. The zero-order chi connectivity index (χ0) is 11.1. The van der Waals surface area contributed by atoms with E-state index in [0.29, 0.717) is 11.4 Å². The monoisotopic (exact) mass is 216 g/mol. The zero-order valence-corrected chi connectivity index (χ0v) is 8.97. The third-order valence-electron chi connectivity index (χ3n) is 1.46. The molecule has 0 unspecified atom stereocenters. The fourth-order valence-corrected chi connectivity index (χ4v) is 1.16. The van der Waals surface area contributed by atoms with Gasteiger partial charge in [0.05, 0.1) is 5.75 Å². The van der Waals surface area contributed by atoms with Gasteiger partial charge in [0.2, 0.25) is 0 Å². The normalized spacial score (nSPS) is 8.53. The van der Waals surface area contributed by atoms with Crippen LogP contribution in [0.5, 0.6) is 0 Å². The number of carbonyl (C=O) groups is 1. The molecule has 0 fully saturated rings. The summed E-state index contributed by atoms with van der Waals surface area (Å²) in [4.78, 5) is 14.5. The number of pyridine rings is 1. The highest BCUT2D eigenvalue weighted by molar-refractivity contribution is 8.13. The van der Waals surface area contributed by atoms with Crippen LogP contribution >= 0.6 is 11.8 Å². The Labute approximate surface area is 92.5 Å². The van der Waals surface area contributed by atoms with Crippen molar-refractivity contribution in [1.82, 2.24) is 4.98 Å². The number of aromatic nitrogens is 1. The van der Waals surface area contributed by atoms with Crippen LogP contribution in [-0.2, 0) is 4.79 Å². The minimum atomic E-state index is 0.0576. The fraction of sp³-hybridized carbons (Fsp3) is 0.182. The average molecular weight is 216 g/mol. The Hall–Kier alpha value is -1.78. The Kier molecular flexibility index (Phi) is 4.40. The van der Waals surface area contributed by atoms with Crippen LogP contribution in [0.4, 0.5) is 0 Å². The minimum Gasteiger partial charge on any atom is -0.288 e. The molecule has 3 nitrogen and oxygen atoms in total. The van der Waals surface area contributed by atoms with Crippen molar-refractivity contribution >= 4 is 16.9 Å². The first-order valence-electron chi connectivity index (χ1n) is 4.21. The Morgan fingerprint density at radius 1 is 1.60 bits per heavy atom. The second-order valence-electron chi connectivity index (χ2n) is 2.63. The number of hydrogen-bond acceptors (Lipinski definition) is 4. The first kappa shape index (κ1) is 11.3. The highest BCUT2D eigenvalue weighted by Gasteiger charge is 1.91. The number of hydrogen-bond donors (Lipinski definition) is 0. The van der Waals surface area contributed by atoms with Gasteiger partial charge in [0.15, 0.2) is 5.12 Å². The van der Waals surface area contributed by atoms with Crippen molar-refractivity contribution < 1.29 is 4.79 Å². The molecule has 0 atom stereocenters. The second-order valence-corrected chi connectivity index (χ2v) is 3.78. The van der Waals surface area contributed by atoms with E-state index < -0.39 is 0 Å². The lowest BCUT2D eigenvalue weighted by molar-refractivity contribution is -0.109. The van der Waals surface area contributed by atoms with E-state index in [4.69, 9.17) is 5.26 Å². The van der Waals surface area contributed by atoms with Gasteiger partial charge >= 0.3 is 0 Å². The average Bonchev–Trinajstić information content (AvgIpc) is 2.25. The molecule has 0 aromatic carbocycles. The van der Waals surface area contributed by atoms with Crippen LogP contribution in [-0.4, -0.2) is 15.9 Å². The fourth-order valence-electron chi connectivity index (χ4n) is 0.810. The molecule has 0 aliphatic carbocycles. The predicted octanol–water partition coefficient (Wildman–Crippen LogP) is 1.58. The molecule has 0 spiro atoms. The van der Waals surface area contributed by atoms with Gasteiger partial charge in [-0.25, -0.2) is 4.98 Å². The molecule has 0 N–H and O–H groups in total. The van der Waals surface area contributed by atoms with E-state index in [2.05, 4.69) is 16.8 Å². The first-order chi connectivity index (χ1) is 7.22. The van der Waals surface area contributed by atoms with Crippen LogP contribution in [0.1, 0.15) is 18.2 Å². The van der Waals surface area contributed by atoms with Crippen molar-refractivity contribution in [2.24, 2.45) is 0 Å². The van der Waals surface area contributed by atoms with E-state index in [0.717, 1.165) is 5.56 Å². The molecule has 0 bridgehead atoms. The quantitative estimate of drug-likeness (QED) is 0.669. The summed E-state index contributed by atoms with van der Waals surface area (Å²) in [5.41, 5.74) is 1.12. The standard InChI is InChI=1S/C11H8N2OS/c1-9(14)15-6-2-3-10-4-5-11(7-12)13-8-10/h4-5,8H,6H2,1H3. The molecule has 0 amide bonds. The molecule has 0 saturated carbocycles. The third kappa shape index (κ3) is 4.30. The van der Waals surface area contributed by atoms with E-state index in [9.17, 15) is 4.79 Å². The van der Waals surface area contributed by atoms with Gasteiger partial charge in [0.25, 0.3) is 0 Å². The van der Waals surface area contributed by atoms with Crippen LogP contribution < -0.4 is 0 Å². The summed E-state index contributed by atoms with van der Waals surface area (Å²) in [6, 6.07) is 5.27. The Bertz CT molecular complexity index is 448. The molecule has 74 valence electrons. The molecule has 1 aromatic rings. The van der Waals surface area contributed by atoms with Crippen molar-refractivity contribution in [2.45, 2.75) is 6.92 Å². The SMILES string of the molecule is CC(=O)SCC#Cc1ccc(C#N)nc1. The first-order valence-corrected chi connectivity index (χ1v) is 5.19. The molecule has 1 aromatic heterocycles. The summed E-state index contributed by atoms with van der Waals surface area (Å²) >= 11 is 1.17. The van der Waals surface area contributed by atoms with E-state index >= 15 is 0 Å². The van der Waals surface area contributed by atoms with Gasteiger partial charge in [-0.15, -0.1) is 0 Å². The van der Waals surface area contributed by atoms with Crippen molar-refractivity contribution in [3.8, 4) is 17.9 Å². The molecule has 1 rings (SSSR count). The van der Waals surface area contributed by atoms with Gasteiger partial charge in [-0.3, -0.25) is 4.79 Å². The predicted molar refractivity (Wildman–Crippen MR) is 59.0 cm³/mol. The summed E-state index contributed by atoms with van der Waals surface area (Å²) in [7, 11) is 0. The maximum absolute atomic E-state index is 10.6. The molecular formula is C11H8N2OS. The summed E-state index contributed by atoms with van der Waals surface area (Å²) < 4.78 is 0. The minimum absolute atomic E-state index is 0.0576. The zero-order valence-electron chi connectivity index (χ0n) is 8.15. The van der Waals surface area contributed by atoms with Gasteiger partial charge in [0, 0.05) is 18.7 Å². The molecule has 15 heavy (non-hydrogen) atoms. The molecule has 0 aliphatic heterocycles. The van der Waals surface area contributed by atoms with Gasteiger partial charge < -0.3 is 0 Å². The number of carbonyl (C=O) groups excluding carboxylic acids is 1. The van der Waals surface area contributed by atoms with E-state index in [1.54, 1.807) is 18.3 Å². The largest absolute Gasteiger partial charge is 0.288 e. The maximum atomic E-state index is 10.6. The summed E-state index contributed by atoms with van der Waals surface area (Å²) in [5, 5.41) is 8.57. The van der Waals surface area contributed by atoms with Crippen molar-refractivity contribution in [1.29, 1.82) is 5.26 Å². The summed E-state index contributed by atoms with van der Waals surface area (Å²) in [5.74, 6) is 6.18. The molecule has 4 heteroatoms. The highest BCUT2D eigenvalue weighted by atomic mass is 32.2. The smallest absolute Gasteiger partial charge is 0.186 e. The van der Waals surface area contributed by atoms with E-state index in [-0.39, 0.29) is 5.12 Å². The summed E-state index contributed by atoms with van der Waals surface area (Å²) in [6.07, 6.45) is 1.55. The Morgan fingerprint density at radius 2 is 2.40 bits per heavy atom. The van der Waals surface area contributed by atoms with Gasteiger partial charge in [-0.05, 0) is 12.1 Å². The van der Waals surface area contributed by atoms with Crippen molar-refractivity contribution in [3.05, 3.63) is 29.6 Å². The summed E-state index contributed by atoms with van der Waals surface area (Å²) in [6.45, 7) is 1.51. The van der Waals surface area contributed by atoms with Crippen molar-refractivity contribution in [2.75, 3.05) is 5.75 Å². The highest BCUT2D eigenvalue weighted by Crippen LogP contribution is 2.00. The van der Waals surface area contributed by atoms with Crippen LogP contribution in [0.3, 0.4) is 0 Å². The Balaban J connectivity index is 2.57. The lowest BCUT2D eigenvalue weighted by Crippen LogP contribution is -1.84. The van der Waals surface area contributed by atoms with E-state index in [1.807, 2.05) is 6.07 Å². The van der Waals surface area contributed by atoms with Gasteiger partial charge in [0.1, 0.15) is 11.8 Å². The van der Waals surface area contributed by atoms with Crippen molar-refractivity contribution in [3.63, 3.8) is 0 Å². The Morgan fingerprint density at radius 3 is 2.93 bits per heavy atom. The van der Waals surface area contributed by atoms with Gasteiger partial charge in [-0.1, -0.05) is 23.6 Å². The van der Waals surface area contributed by atoms with Crippen LogP contribution in [0.2, 0.25) is 0 Å². The number of nitriles is 1. The second kappa shape index (κ2) is 5.85. The van der Waals surface area contributed by atoms with Crippen LogP contribution in [0.15, 0.2) is 18.3 Å². The molecule has 0 aliphatic rings. The molecule has 0 radical (unpaired) electrons. The lowest BCUT2D eigenvalue weighted by Gasteiger charge is -1.89. The third-order valence-corrected chi connectivity index (χ3v) is 2.15. The van der Waals surface area contributed by atoms with Crippen LogP contribution in [0, 0.1) is 23.2 Å². The van der Waals surface area contributed by atoms with Gasteiger partial charge in [-0.2, -0.15) is 5.26 Å². The van der Waals surface area contributed by atoms with E-state index in [1.165, 1.54) is 18.7 Å². The molecule has 1 heterocycles. The lowest BCUT2D eigenvalue weighted by atomic mass is 10.2. The number of thioether (sulfide) groups is 1.